The van der Waals surface area contributed by atoms with Gasteiger partial charge in [-0.1, -0.05) is 61.5 Å². The number of nitrogens with one attached hydrogen (secondary N) is 1. The van der Waals surface area contributed by atoms with E-state index in [4.69, 9.17) is 4.74 Å². The van der Waals surface area contributed by atoms with Crippen molar-refractivity contribution in [1.82, 2.24) is 5.32 Å². The fraction of sp³-hybridized carbons (Fsp3) is 0.231. The van der Waals surface area contributed by atoms with Crippen LogP contribution >= 0.6 is 22.6 Å². The highest BCUT2D eigenvalue weighted by molar-refractivity contribution is 14.1. The highest BCUT2D eigenvalue weighted by Crippen LogP contribution is 2.35. The third kappa shape index (κ3) is 4.90. The quantitative estimate of drug-likeness (QED) is 0.302. The average Bonchev–Trinajstić information content (AvgIpc) is 3.27. The van der Waals surface area contributed by atoms with E-state index in [1.807, 2.05) is 0 Å². The molecule has 0 aliphatic carbocycles. The summed E-state index contributed by atoms with van der Waals surface area (Å²) in [4.78, 5) is 0. The van der Waals surface area contributed by atoms with E-state index in [0.717, 1.165) is 25.1 Å². The molecule has 1 heterocycles. The minimum atomic E-state index is 0.141. The summed E-state index contributed by atoms with van der Waals surface area (Å²) in [5.74, 6) is 0.924. The highest BCUT2D eigenvalue weighted by atomic mass is 127. The molecule has 3 aromatic rings. The Bertz CT molecular complexity index is 956. The van der Waals surface area contributed by atoms with Gasteiger partial charge in [0.2, 0.25) is 0 Å². The van der Waals surface area contributed by atoms with E-state index in [-0.39, 0.29) is 6.23 Å². The first kappa shape index (κ1) is 20.2. The van der Waals surface area contributed by atoms with Gasteiger partial charge >= 0.3 is 0 Å². The van der Waals surface area contributed by atoms with Crippen molar-refractivity contribution in [2.24, 2.45) is 0 Å². The Morgan fingerprint density at radius 3 is 2.14 bits per heavy atom. The zero-order chi connectivity index (χ0) is 20.1. The van der Waals surface area contributed by atoms with Crippen molar-refractivity contribution < 1.29 is 4.74 Å². The van der Waals surface area contributed by atoms with E-state index >= 15 is 0 Å². The molecule has 4 rings (SSSR count). The fourth-order valence-corrected chi connectivity index (χ4v) is 4.27. The zero-order valence-electron chi connectivity index (χ0n) is 16.7. The average molecular weight is 495 g/mol. The Hall–Kier alpha value is -2.11. The van der Waals surface area contributed by atoms with Crippen LogP contribution in [0.2, 0.25) is 0 Å². The van der Waals surface area contributed by atoms with Crippen molar-refractivity contribution in [1.29, 1.82) is 0 Å². The molecule has 0 spiro atoms. The molecule has 0 saturated carbocycles. The lowest BCUT2D eigenvalue weighted by atomic mass is 9.88. The van der Waals surface area contributed by atoms with Crippen molar-refractivity contribution in [3.63, 3.8) is 0 Å². The summed E-state index contributed by atoms with van der Waals surface area (Å²) in [5.41, 5.74) is 6.40. The molecule has 1 saturated heterocycles. The van der Waals surface area contributed by atoms with E-state index in [2.05, 4.69) is 114 Å². The largest absolute Gasteiger partial charge is 0.475 e. The molecule has 0 radical (unpaired) electrons. The first-order valence-corrected chi connectivity index (χ1v) is 11.4. The number of allylic oxidation sites excluding steroid dienone is 1. The van der Waals surface area contributed by atoms with Crippen LogP contribution in [0.4, 0.5) is 0 Å². The van der Waals surface area contributed by atoms with Crippen LogP contribution in [0.15, 0.2) is 78.9 Å². The highest BCUT2D eigenvalue weighted by Gasteiger charge is 2.16. The maximum atomic E-state index is 6.07. The first-order valence-electron chi connectivity index (χ1n) is 10.3. The molecule has 0 aromatic heterocycles. The summed E-state index contributed by atoms with van der Waals surface area (Å²) in [6.07, 6.45) is 3.36. The molecule has 1 aliphatic rings. The molecule has 1 atom stereocenters. The first-order chi connectivity index (χ1) is 14.2. The molecule has 0 amide bonds. The van der Waals surface area contributed by atoms with E-state index in [9.17, 15) is 0 Å². The topological polar surface area (TPSA) is 21.3 Å². The standard InChI is InChI=1S/C26H26INO/c1-2-24(19-7-4-3-5-8-19)26(20-10-14-22(27)15-11-20)21-12-16-23(17-13-21)29-25-9-6-18-28-25/h3-5,7-8,10-17,25,28H,2,6,9,18H2,1H3/b26-24+. The second kappa shape index (κ2) is 9.59. The summed E-state index contributed by atoms with van der Waals surface area (Å²) in [6, 6.07) is 28.1. The molecule has 29 heavy (non-hydrogen) atoms. The van der Waals surface area contributed by atoms with Crippen molar-refractivity contribution in [2.45, 2.75) is 32.4 Å². The molecule has 3 heteroatoms. The molecule has 0 bridgehead atoms. The number of halogens is 1. The fourth-order valence-electron chi connectivity index (χ4n) is 3.91. The Kier molecular flexibility index (Phi) is 6.67. The SMILES string of the molecule is CC/C(=C(/c1ccc(I)cc1)c1ccc(OC2CCCN2)cc1)c1ccccc1. The van der Waals surface area contributed by atoms with Crippen molar-refractivity contribution in [2.75, 3.05) is 6.54 Å². The van der Waals surface area contributed by atoms with Crippen LogP contribution in [-0.4, -0.2) is 12.8 Å². The zero-order valence-corrected chi connectivity index (χ0v) is 18.9. The van der Waals surface area contributed by atoms with Crippen LogP contribution in [0.3, 0.4) is 0 Å². The van der Waals surface area contributed by atoms with Crippen LogP contribution in [-0.2, 0) is 0 Å². The predicted octanol–water partition coefficient (Wildman–Crippen LogP) is 6.75. The van der Waals surface area contributed by atoms with Gasteiger partial charge in [0, 0.05) is 3.57 Å². The molecule has 1 fully saturated rings. The lowest BCUT2D eigenvalue weighted by molar-refractivity contribution is 0.187. The second-order valence-corrected chi connectivity index (χ2v) is 8.55. The summed E-state index contributed by atoms with van der Waals surface area (Å²) in [7, 11) is 0. The van der Waals surface area contributed by atoms with E-state index in [0.29, 0.717) is 0 Å². The molecule has 148 valence electrons. The summed E-state index contributed by atoms with van der Waals surface area (Å²) in [5, 5.41) is 3.39. The van der Waals surface area contributed by atoms with Crippen LogP contribution in [0.25, 0.3) is 11.1 Å². The lowest BCUT2D eigenvalue weighted by Gasteiger charge is -2.18. The second-order valence-electron chi connectivity index (χ2n) is 7.31. The van der Waals surface area contributed by atoms with Gasteiger partial charge in [-0.2, -0.15) is 0 Å². The van der Waals surface area contributed by atoms with Gasteiger partial charge < -0.3 is 4.74 Å². The molecule has 3 aromatic carbocycles. The van der Waals surface area contributed by atoms with E-state index < -0.39 is 0 Å². The molecule has 1 unspecified atom stereocenters. The van der Waals surface area contributed by atoms with Gasteiger partial charge in [0.1, 0.15) is 12.0 Å². The van der Waals surface area contributed by atoms with Crippen molar-refractivity contribution in [3.05, 3.63) is 99.1 Å². The van der Waals surface area contributed by atoms with Gasteiger partial charge in [0.05, 0.1) is 0 Å². The van der Waals surface area contributed by atoms with Crippen molar-refractivity contribution in [3.8, 4) is 5.75 Å². The van der Waals surface area contributed by atoms with E-state index in [1.165, 1.54) is 37.8 Å². The smallest absolute Gasteiger partial charge is 0.150 e. The van der Waals surface area contributed by atoms with Gasteiger partial charge in [0.15, 0.2) is 0 Å². The maximum Gasteiger partial charge on any atom is 0.150 e. The lowest BCUT2D eigenvalue weighted by Crippen LogP contribution is -2.27. The van der Waals surface area contributed by atoms with Crippen molar-refractivity contribution >= 4 is 33.7 Å². The number of rotatable bonds is 6. The summed E-state index contributed by atoms with van der Waals surface area (Å²) in [6.45, 7) is 3.28. The van der Waals surface area contributed by atoms with Gasteiger partial charge in [-0.3, -0.25) is 5.32 Å². The Morgan fingerprint density at radius 1 is 0.897 bits per heavy atom. The number of benzene rings is 3. The molecular formula is C26H26INO. The summed E-state index contributed by atoms with van der Waals surface area (Å²) >= 11 is 2.36. The van der Waals surface area contributed by atoms with Crippen LogP contribution < -0.4 is 10.1 Å². The third-order valence-electron chi connectivity index (χ3n) is 5.35. The van der Waals surface area contributed by atoms with E-state index in [1.54, 1.807) is 0 Å². The number of hydrogen-bond acceptors (Lipinski definition) is 2. The molecule has 1 aliphatic heterocycles. The Balaban J connectivity index is 1.76. The normalized spacial score (nSPS) is 17.1. The van der Waals surface area contributed by atoms with Gasteiger partial charge in [-0.05, 0) is 101 Å². The summed E-state index contributed by atoms with van der Waals surface area (Å²) < 4.78 is 7.32. The Labute approximate surface area is 187 Å². The number of hydrogen-bond donors (Lipinski definition) is 1. The molecule has 1 N–H and O–H groups in total. The van der Waals surface area contributed by atoms with Gasteiger partial charge in [-0.15, -0.1) is 0 Å². The van der Waals surface area contributed by atoms with Gasteiger partial charge in [0.25, 0.3) is 0 Å². The minimum absolute atomic E-state index is 0.141. The number of ether oxygens (including phenoxy) is 1. The minimum Gasteiger partial charge on any atom is -0.475 e. The van der Waals surface area contributed by atoms with Gasteiger partial charge in [-0.25, -0.2) is 0 Å². The third-order valence-corrected chi connectivity index (χ3v) is 6.07. The molecular weight excluding hydrogens is 469 g/mol. The maximum absolute atomic E-state index is 6.07. The monoisotopic (exact) mass is 495 g/mol. The predicted molar refractivity (Wildman–Crippen MR) is 130 cm³/mol. The van der Waals surface area contributed by atoms with Crippen LogP contribution in [0.5, 0.6) is 5.75 Å². The van der Waals surface area contributed by atoms with Crippen LogP contribution in [0, 0.1) is 3.57 Å². The Morgan fingerprint density at radius 2 is 1.55 bits per heavy atom. The molecule has 2 nitrogen and oxygen atoms in total. The van der Waals surface area contributed by atoms with Crippen LogP contribution in [0.1, 0.15) is 42.9 Å².